The Balaban J connectivity index is 0.794. The second-order valence-electron chi connectivity index (χ2n) is 15.0. The first-order valence-electron chi connectivity index (χ1n) is 18.7. The van der Waals surface area contributed by atoms with Crippen LogP contribution in [0.5, 0.6) is 0 Å². The standard InChI is InChI=1S/C37H43N11O6S/c1-21-13-25(55-43-21)15-28-32(33(38)50)39-16-30(41-28)46-8-2-3-23(20-46)40-37(54)45-11-9-44(10-12-45)17-22-18-47(19-22)24-4-5-26-27(14-24)36(53)48(35(26)52)29-6-7-31(49)42-34(29)51/h4-5,13-14,16,22-23,29H,2-3,6-12,15,17-20H2,1H3,(H2,38,50)(H,40,54)(H,42,49,51). The first kappa shape index (κ1) is 36.5. The molecule has 4 fully saturated rings. The van der Waals surface area contributed by atoms with Gasteiger partial charge in [0.1, 0.15) is 17.6 Å². The van der Waals surface area contributed by atoms with Crippen LogP contribution >= 0.6 is 11.5 Å². The molecule has 1 aromatic carbocycles. The van der Waals surface area contributed by atoms with Gasteiger partial charge in [-0.15, -0.1) is 0 Å². The highest BCUT2D eigenvalue weighted by atomic mass is 32.1. The van der Waals surface area contributed by atoms with Crippen LogP contribution < -0.4 is 26.2 Å². The Morgan fingerprint density at radius 3 is 2.47 bits per heavy atom. The van der Waals surface area contributed by atoms with Gasteiger partial charge in [-0.1, -0.05) is 0 Å². The van der Waals surface area contributed by atoms with Crippen LogP contribution in [0, 0.1) is 12.8 Å². The summed E-state index contributed by atoms with van der Waals surface area (Å²) in [5.41, 5.74) is 8.60. The number of piperazine rings is 1. The van der Waals surface area contributed by atoms with Gasteiger partial charge in [0.15, 0.2) is 0 Å². The van der Waals surface area contributed by atoms with Crippen LogP contribution in [0.4, 0.5) is 16.3 Å². The maximum Gasteiger partial charge on any atom is 0.317 e. The van der Waals surface area contributed by atoms with Gasteiger partial charge in [-0.2, -0.15) is 4.37 Å². The minimum absolute atomic E-state index is 0.0569. The van der Waals surface area contributed by atoms with Crippen LogP contribution in [-0.2, 0) is 16.0 Å². The number of benzene rings is 1. The zero-order chi connectivity index (χ0) is 38.4. The molecule has 0 saturated carbocycles. The van der Waals surface area contributed by atoms with E-state index in [1.165, 1.54) is 11.5 Å². The number of nitrogens with two attached hydrogens (primary N) is 1. The minimum atomic E-state index is -0.986. The number of hydrogen-bond acceptors (Lipinski definition) is 13. The number of aromatic nitrogens is 3. The quantitative estimate of drug-likeness (QED) is 0.258. The van der Waals surface area contributed by atoms with E-state index in [2.05, 4.69) is 34.7 Å². The van der Waals surface area contributed by atoms with Crippen molar-refractivity contribution in [2.75, 3.05) is 68.7 Å². The van der Waals surface area contributed by atoms with Crippen molar-refractivity contribution in [3.63, 3.8) is 0 Å². The number of rotatable bonds is 9. The highest BCUT2D eigenvalue weighted by Crippen LogP contribution is 2.33. The number of piperidine rings is 2. The molecular weight excluding hydrogens is 727 g/mol. The number of nitrogens with zero attached hydrogens (tertiary/aromatic N) is 8. The fourth-order valence-corrected chi connectivity index (χ4v) is 8.92. The number of aryl methyl sites for hydroxylation is 1. The molecular formula is C37H43N11O6S. The van der Waals surface area contributed by atoms with Gasteiger partial charge < -0.3 is 25.8 Å². The molecule has 7 heterocycles. The predicted molar refractivity (Wildman–Crippen MR) is 201 cm³/mol. The number of carbonyl (C=O) groups is 6. The number of nitrogens with one attached hydrogen (secondary N) is 2. The average molecular weight is 770 g/mol. The molecule has 5 aliphatic rings. The van der Waals surface area contributed by atoms with E-state index in [9.17, 15) is 28.8 Å². The Morgan fingerprint density at radius 2 is 1.75 bits per heavy atom. The Hall–Kier alpha value is -5.49. The smallest absolute Gasteiger partial charge is 0.317 e. The van der Waals surface area contributed by atoms with Crippen molar-refractivity contribution < 1.29 is 28.8 Å². The molecule has 0 spiro atoms. The highest BCUT2D eigenvalue weighted by Gasteiger charge is 2.45. The molecule has 7 amide bonds. The van der Waals surface area contributed by atoms with Crippen molar-refractivity contribution in [1.29, 1.82) is 0 Å². The lowest BCUT2D eigenvalue weighted by Crippen LogP contribution is -2.58. The number of urea groups is 1. The summed E-state index contributed by atoms with van der Waals surface area (Å²) in [6.07, 6.45) is 3.93. The number of fused-ring (bicyclic) bond motifs is 1. The largest absolute Gasteiger partial charge is 0.371 e. The molecule has 3 aromatic rings. The van der Waals surface area contributed by atoms with Crippen LogP contribution in [0.1, 0.15) is 73.2 Å². The Morgan fingerprint density at radius 1 is 0.964 bits per heavy atom. The fraction of sp³-hybridized carbons (Fsp3) is 0.486. The van der Waals surface area contributed by atoms with Gasteiger partial charge >= 0.3 is 6.03 Å². The number of carbonyl (C=O) groups excluding carboxylic acids is 6. The van der Waals surface area contributed by atoms with Crippen molar-refractivity contribution >= 4 is 58.6 Å². The molecule has 2 unspecified atom stereocenters. The zero-order valence-electron chi connectivity index (χ0n) is 30.5. The molecule has 55 heavy (non-hydrogen) atoms. The van der Waals surface area contributed by atoms with Crippen molar-refractivity contribution in [2.24, 2.45) is 11.7 Å². The molecule has 8 rings (SSSR count). The third kappa shape index (κ3) is 7.47. The first-order valence-corrected chi connectivity index (χ1v) is 19.5. The molecule has 17 nitrogen and oxygen atoms in total. The van der Waals surface area contributed by atoms with E-state index in [4.69, 9.17) is 10.7 Å². The number of imide groups is 2. The van der Waals surface area contributed by atoms with Gasteiger partial charge in [-0.3, -0.25) is 39.1 Å². The molecule has 4 N–H and O–H groups in total. The maximum absolute atomic E-state index is 13.4. The van der Waals surface area contributed by atoms with Crippen molar-refractivity contribution in [1.82, 2.24) is 39.7 Å². The Kier molecular flexibility index (Phi) is 9.93. The van der Waals surface area contributed by atoms with Crippen molar-refractivity contribution in [3.05, 3.63) is 63.5 Å². The summed E-state index contributed by atoms with van der Waals surface area (Å²) in [7, 11) is 0. The van der Waals surface area contributed by atoms with Gasteiger partial charge in [0.05, 0.1) is 28.7 Å². The lowest BCUT2D eigenvalue weighted by atomic mass is 9.97. The van der Waals surface area contributed by atoms with E-state index in [0.29, 0.717) is 43.5 Å². The van der Waals surface area contributed by atoms with Gasteiger partial charge in [-0.25, -0.2) is 14.8 Å². The lowest BCUT2D eigenvalue weighted by molar-refractivity contribution is -0.136. The number of amides is 7. The van der Waals surface area contributed by atoms with E-state index in [1.54, 1.807) is 18.3 Å². The van der Waals surface area contributed by atoms with E-state index in [1.807, 2.05) is 24.0 Å². The monoisotopic (exact) mass is 769 g/mol. The third-order valence-electron chi connectivity index (χ3n) is 11.1. The summed E-state index contributed by atoms with van der Waals surface area (Å²) in [6.45, 7) is 8.58. The van der Waals surface area contributed by atoms with Gasteiger partial charge in [0.2, 0.25) is 11.8 Å². The van der Waals surface area contributed by atoms with Gasteiger partial charge in [0, 0.05) is 94.3 Å². The van der Waals surface area contributed by atoms with Crippen LogP contribution in [0.15, 0.2) is 30.5 Å². The van der Waals surface area contributed by atoms with Crippen LogP contribution in [0.2, 0.25) is 0 Å². The van der Waals surface area contributed by atoms with Crippen LogP contribution in [-0.4, -0.2) is 136 Å². The molecule has 288 valence electrons. The number of primary amides is 1. The summed E-state index contributed by atoms with van der Waals surface area (Å²) < 4.78 is 4.33. The summed E-state index contributed by atoms with van der Waals surface area (Å²) in [5.74, 6) is -1.58. The summed E-state index contributed by atoms with van der Waals surface area (Å²) in [4.78, 5) is 95.4. The third-order valence-corrected chi connectivity index (χ3v) is 12.0. The normalized spacial score (nSPS) is 22.1. The van der Waals surface area contributed by atoms with Crippen LogP contribution in [0.3, 0.4) is 0 Å². The summed E-state index contributed by atoms with van der Waals surface area (Å²) in [5, 5.41) is 5.46. The second-order valence-corrected chi connectivity index (χ2v) is 15.9. The second kappa shape index (κ2) is 15.0. The average Bonchev–Trinajstić information content (AvgIpc) is 3.67. The molecule has 5 aliphatic heterocycles. The highest BCUT2D eigenvalue weighted by molar-refractivity contribution is 7.05. The molecule has 0 aliphatic carbocycles. The predicted octanol–water partition coefficient (Wildman–Crippen LogP) is 0.765. The zero-order valence-corrected chi connectivity index (χ0v) is 31.3. The van der Waals surface area contributed by atoms with E-state index in [-0.39, 0.29) is 41.7 Å². The topological polar surface area (TPSA) is 207 Å². The summed E-state index contributed by atoms with van der Waals surface area (Å²) in [6, 6.07) is 6.07. The fourth-order valence-electron chi connectivity index (χ4n) is 8.18. The molecule has 18 heteroatoms. The number of hydrogen-bond donors (Lipinski definition) is 3. The first-order chi connectivity index (χ1) is 26.5. The molecule has 4 saturated heterocycles. The minimum Gasteiger partial charge on any atom is -0.371 e. The van der Waals surface area contributed by atoms with Crippen LogP contribution in [0.25, 0.3) is 0 Å². The number of anilines is 2. The lowest BCUT2D eigenvalue weighted by Gasteiger charge is -2.45. The Labute approximate surface area is 321 Å². The Bertz CT molecular complexity index is 2060. The van der Waals surface area contributed by atoms with Gasteiger partial charge in [-0.05, 0) is 62.0 Å². The molecule has 2 atom stereocenters. The molecule has 0 bridgehead atoms. The van der Waals surface area contributed by atoms with Gasteiger partial charge in [0.25, 0.3) is 17.7 Å². The van der Waals surface area contributed by atoms with Crippen molar-refractivity contribution in [2.45, 2.75) is 51.1 Å². The maximum atomic E-state index is 13.4. The van der Waals surface area contributed by atoms with E-state index < -0.39 is 35.6 Å². The van der Waals surface area contributed by atoms with E-state index >= 15 is 0 Å². The SMILES string of the molecule is Cc1cc(Cc2nc(N3CCCC(NC(=O)N4CCN(CC5CN(c6ccc7c(c6)C(=O)N(C6CCC(=O)NC6=O)C7=O)C5)CC4)C3)cnc2C(N)=O)sn1. The summed E-state index contributed by atoms with van der Waals surface area (Å²) >= 11 is 1.36. The van der Waals surface area contributed by atoms with Crippen molar-refractivity contribution in [3.8, 4) is 0 Å². The molecule has 2 aromatic heterocycles. The molecule has 0 radical (unpaired) electrons. The van der Waals surface area contributed by atoms with E-state index in [0.717, 1.165) is 73.3 Å².